The maximum Gasteiger partial charge on any atom is 0.273 e. The maximum absolute atomic E-state index is 12.5. The molecule has 0 saturated carbocycles. The monoisotopic (exact) mass is 446 g/mol. The summed E-state index contributed by atoms with van der Waals surface area (Å²) in [5.74, 6) is 1.38. The van der Waals surface area contributed by atoms with Crippen molar-refractivity contribution in [2.24, 2.45) is 0 Å². The van der Waals surface area contributed by atoms with E-state index in [1.54, 1.807) is 38.5 Å². The molecule has 0 spiro atoms. The number of ether oxygens (including phenoxy) is 2. The average molecular weight is 447 g/mol. The molecule has 2 heterocycles. The number of benzene rings is 2. The second kappa shape index (κ2) is 9.60. The molecule has 0 saturated heterocycles. The Morgan fingerprint density at radius 1 is 1.03 bits per heavy atom. The SMILES string of the molecule is COc1ccc(OC)c(-c2cc(C(=O)NCCc3ccc(-n4nc(C)cc4C)cc3)no2)c1. The van der Waals surface area contributed by atoms with E-state index < -0.39 is 0 Å². The highest BCUT2D eigenvalue weighted by molar-refractivity contribution is 5.93. The van der Waals surface area contributed by atoms with Gasteiger partial charge in [-0.25, -0.2) is 4.68 Å². The third-order valence-corrected chi connectivity index (χ3v) is 5.30. The normalized spacial score (nSPS) is 10.8. The quantitative estimate of drug-likeness (QED) is 0.438. The van der Waals surface area contributed by atoms with Gasteiger partial charge in [0.05, 0.1) is 31.2 Å². The van der Waals surface area contributed by atoms with Crippen LogP contribution in [-0.4, -0.2) is 41.6 Å². The number of aryl methyl sites for hydroxylation is 2. The van der Waals surface area contributed by atoms with Gasteiger partial charge in [0.2, 0.25) is 0 Å². The van der Waals surface area contributed by atoms with Crippen molar-refractivity contribution in [2.45, 2.75) is 20.3 Å². The molecule has 2 aromatic heterocycles. The molecule has 0 unspecified atom stereocenters. The third-order valence-electron chi connectivity index (χ3n) is 5.30. The first-order valence-corrected chi connectivity index (χ1v) is 10.6. The van der Waals surface area contributed by atoms with Crippen LogP contribution in [0.1, 0.15) is 27.4 Å². The van der Waals surface area contributed by atoms with Gasteiger partial charge in [0.1, 0.15) is 11.5 Å². The number of hydrogen-bond donors (Lipinski definition) is 1. The van der Waals surface area contributed by atoms with E-state index in [1.807, 2.05) is 48.9 Å². The number of hydrogen-bond acceptors (Lipinski definition) is 6. The number of rotatable bonds is 8. The van der Waals surface area contributed by atoms with Crippen LogP contribution in [0.3, 0.4) is 0 Å². The van der Waals surface area contributed by atoms with Gasteiger partial charge in [-0.2, -0.15) is 5.10 Å². The van der Waals surface area contributed by atoms with Gasteiger partial charge in [0, 0.05) is 18.3 Å². The van der Waals surface area contributed by atoms with E-state index in [9.17, 15) is 4.79 Å². The fourth-order valence-corrected chi connectivity index (χ4v) is 3.62. The molecular formula is C25H26N4O4. The Balaban J connectivity index is 1.36. The molecule has 0 aliphatic carbocycles. The highest BCUT2D eigenvalue weighted by atomic mass is 16.5. The first-order valence-electron chi connectivity index (χ1n) is 10.6. The number of carbonyl (C=O) groups excluding carboxylic acids is 1. The molecule has 0 bridgehead atoms. The van der Waals surface area contributed by atoms with E-state index >= 15 is 0 Å². The van der Waals surface area contributed by atoms with Crippen LogP contribution in [0, 0.1) is 13.8 Å². The van der Waals surface area contributed by atoms with Crippen LogP contribution in [0.5, 0.6) is 11.5 Å². The van der Waals surface area contributed by atoms with E-state index in [0.717, 1.165) is 22.6 Å². The van der Waals surface area contributed by atoms with Gasteiger partial charge in [-0.1, -0.05) is 17.3 Å². The van der Waals surface area contributed by atoms with Crippen LogP contribution in [0.4, 0.5) is 0 Å². The summed E-state index contributed by atoms with van der Waals surface area (Å²) >= 11 is 0. The molecule has 0 atom stereocenters. The summed E-state index contributed by atoms with van der Waals surface area (Å²) in [4.78, 5) is 12.5. The van der Waals surface area contributed by atoms with Gasteiger partial charge in [-0.05, 0) is 62.2 Å². The lowest BCUT2D eigenvalue weighted by Crippen LogP contribution is -2.25. The predicted octanol–water partition coefficient (Wildman–Crippen LogP) is 4.13. The van der Waals surface area contributed by atoms with Crippen LogP contribution in [0.15, 0.2) is 59.1 Å². The molecule has 4 rings (SSSR count). The van der Waals surface area contributed by atoms with Crippen molar-refractivity contribution < 1.29 is 18.8 Å². The first kappa shape index (κ1) is 22.1. The molecule has 0 aliphatic heterocycles. The van der Waals surface area contributed by atoms with Crippen molar-refractivity contribution in [1.82, 2.24) is 20.3 Å². The molecule has 0 aliphatic rings. The van der Waals surface area contributed by atoms with Crippen LogP contribution in [0.25, 0.3) is 17.0 Å². The molecule has 0 radical (unpaired) electrons. The van der Waals surface area contributed by atoms with Crippen molar-refractivity contribution in [2.75, 3.05) is 20.8 Å². The molecule has 170 valence electrons. The Bertz CT molecular complexity index is 1260. The Kier molecular flexibility index (Phi) is 6.44. The summed E-state index contributed by atoms with van der Waals surface area (Å²) in [5.41, 5.74) is 5.06. The minimum Gasteiger partial charge on any atom is -0.497 e. The van der Waals surface area contributed by atoms with Crippen molar-refractivity contribution in [3.05, 3.63) is 77.2 Å². The van der Waals surface area contributed by atoms with Crippen molar-refractivity contribution >= 4 is 5.91 Å². The smallest absolute Gasteiger partial charge is 0.273 e. The van der Waals surface area contributed by atoms with E-state index in [4.69, 9.17) is 14.0 Å². The largest absolute Gasteiger partial charge is 0.497 e. The molecule has 1 N–H and O–H groups in total. The molecule has 4 aromatic rings. The molecule has 33 heavy (non-hydrogen) atoms. The molecule has 8 heteroatoms. The lowest BCUT2D eigenvalue weighted by atomic mass is 10.1. The van der Waals surface area contributed by atoms with E-state index in [-0.39, 0.29) is 11.6 Å². The summed E-state index contributed by atoms with van der Waals surface area (Å²) in [6.45, 7) is 4.48. The molecule has 1 amide bonds. The summed E-state index contributed by atoms with van der Waals surface area (Å²) in [5, 5.41) is 11.3. The number of amides is 1. The summed E-state index contributed by atoms with van der Waals surface area (Å²) in [6.07, 6.45) is 0.692. The van der Waals surface area contributed by atoms with Crippen LogP contribution >= 0.6 is 0 Å². The van der Waals surface area contributed by atoms with E-state index in [1.165, 1.54) is 0 Å². The zero-order chi connectivity index (χ0) is 23.4. The topological polar surface area (TPSA) is 91.4 Å². The minimum atomic E-state index is -0.300. The second-order valence-corrected chi connectivity index (χ2v) is 7.65. The van der Waals surface area contributed by atoms with Crippen molar-refractivity contribution in [3.63, 3.8) is 0 Å². The average Bonchev–Trinajstić information content (AvgIpc) is 3.45. The third kappa shape index (κ3) is 4.90. The van der Waals surface area contributed by atoms with Crippen molar-refractivity contribution in [1.29, 1.82) is 0 Å². The van der Waals surface area contributed by atoms with Gasteiger partial charge >= 0.3 is 0 Å². The highest BCUT2D eigenvalue weighted by Crippen LogP contribution is 2.33. The van der Waals surface area contributed by atoms with Crippen LogP contribution in [0.2, 0.25) is 0 Å². The maximum atomic E-state index is 12.5. The van der Waals surface area contributed by atoms with Gasteiger partial charge < -0.3 is 19.3 Å². The van der Waals surface area contributed by atoms with Gasteiger partial charge in [-0.15, -0.1) is 0 Å². The minimum absolute atomic E-state index is 0.203. The highest BCUT2D eigenvalue weighted by Gasteiger charge is 2.17. The lowest BCUT2D eigenvalue weighted by Gasteiger charge is -2.07. The predicted molar refractivity (Wildman–Crippen MR) is 124 cm³/mol. The number of nitrogens with zero attached hydrogens (tertiary/aromatic N) is 3. The summed E-state index contributed by atoms with van der Waals surface area (Å²) < 4.78 is 17.9. The second-order valence-electron chi connectivity index (χ2n) is 7.65. The Hall–Kier alpha value is -4.07. The molecular weight excluding hydrogens is 420 g/mol. The van der Waals surface area contributed by atoms with Crippen LogP contribution in [-0.2, 0) is 6.42 Å². The molecule has 0 fully saturated rings. The van der Waals surface area contributed by atoms with Gasteiger partial charge in [0.15, 0.2) is 11.5 Å². The van der Waals surface area contributed by atoms with Gasteiger partial charge in [-0.3, -0.25) is 4.79 Å². The standard InChI is InChI=1S/C25H26N4O4/c1-16-13-17(2)29(27-16)19-7-5-18(6-8-19)11-12-26-25(30)22-15-24(33-28-22)21-14-20(31-3)9-10-23(21)32-4/h5-10,13-15H,11-12H2,1-4H3,(H,26,30). The fourth-order valence-electron chi connectivity index (χ4n) is 3.62. The molecule has 8 nitrogen and oxygen atoms in total. The van der Waals surface area contributed by atoms with Crippen LogP contribution < -0.4 is 14.8 Å². The zero-order valence-corrected chi connectivity index (χ0v) is 19.1. The Morgan fingerprint density at radius 3 is 2.48 bits per heavy atom. The number of aromatic nitrogens is 3. The summed E-state index contributed by atoms with van der Waals surface area (Å²) in [6, 6.07) is 17.1. The summed E-state index contributed by atoms with van der Waals surface area (Å²) in [7, 11) is 3.15. The van der Waals surface area contributed by atoms with Crippen molar-refractivity contribution in [3.8, 4) is 28.5 Å². The molecule has 2 aromatic carbocycles. The number of carbonyl (C=O) groups is 1. The van der Waals surface area contributed by atoms with Gasteiger partial charge in [0.25, 0.3) is 5.91 Å². The Labute approximate surface area is 192 Å². The Morgan fingerprint density at radius 2 is 1.82 bits per heavy atom. The fraction of sp³-hybridized carbons (Fsp3) is 0.240. The lowest BCUT2D eigenvalue weighted by molar-refractivity contribution is 0.0945. The number of nitrogens with one attached hydrogen (secondary N) is 1. The van der Waals surface area contributed by atoms with E-state index in [2.05, 4.69) is 15.6 Å². The van der Waals surface area contributed by atoms with E-state index in [0.29, 0.717) is 35.8 Å². The number of methoxy groups -OCH3 is 2. The zero-order valence-electron chi connectivity index (χ0n) is 19.1. The first-order chi connectivity index (χ1) is 16.0.